The molecule has 26 heavy (non-hydrogen) atoms. The van der Waals surface area contributed by atoms with Crippen LogP contribution in [0, 0.1) is 5.41 Å². The third-order valence-electron chi connectivity index (χ3n) is 3.49. The lowest BCUT2D eigenvalue weighted by Crippen LogP contribution is -2.24. The molecule has 3 N–H and O–H groups in total. The first-order chi connectivity index (χ1) is 12.5. The number of pyridine rings is 1. The molecule has 2 aromatic heterocycles. The Morgan fingerprint density at radius 3 is 2.85 bits per heavy atom. The second-order valence-corrected chi connectivity index (χ2v) is 5.67. The molecular weight excluding hydrogens is 334 g/mol. The number of aromatic nitrogens is 4. The highest BCUT2D eigenvalue weighted by atomic mass is 16.5. The third-order valence-corrected chi connectivity index (χ3v) is 3.49. The lowest BCUT2D eigenvalue weighted by Gasteiger charge is -2.11. The number of nitrogens with zero attached hydrogens (tertiary/aromatic N) is 4. The first-order valence-electron chi connectivity index (χ1n) is 8.22. The van der Waals surface area contributed by atoms with Gasteiger partial charge >= 0.3 is 0 Å². The fourth-order valence-corrected chi connectivity index (χ4v) is 2.16. The van der Waals surface area contributed by atoms with Crippen molar-refractivity contribution in [3.05, 3.63) is 36.3 Å². The number of anilines is 1. The maximum Gasteiger partial charge on any atom is 0.263 e. The van der Waals surface area contributed by atoms with E-state index < -0.39 is 5.91 Å². The van der Waals surface area contributed by atoms with Crippen LogP contribution in [-0.2, 0) is 9.53 Å². The normalized spacial score (nSPS) is 11.3. The highest BCUT2D eigenvalue weighted by Crippen LogP contribution is 2.20. The number of nitrogens with one attached hydrogen (secondary N) is 3. The number of methoxy groups -OCH3 is 1. The minimum absolute atomic E-state index is 0.0758. The fraction of sp³-hybridized carbons (Fsp3) is 0.353. The van der Waals surface area contributed by atoms with Gasteiger partial charge in [0.05, 0.1) is 7.11 Å². The Morgan fingerprint density at radius 2 is 2.19 bits per heavy atom. The van der Waals surface area contributed by atoms with Gasteiger partial charge in [-0.1, -0.05) is 6.07 Å². The summed E-state index contributed by atoms with van der Waals surface area (Å²) in [6, 6.07) is 5.41. The van der Waals surface area contributed by atoms with Crippen molar-refractivity contribution in [1.29, 1.82) is 5.41 Å². The number of carbonyl (C=O) groups excluding carboxylic acids is 1. The number of amides is 1. The molecular formula is C17H23N7O2. The van der Waals surface area contributed by atoms with E-state index in [-0.39, 0.29) is 17.5 Å². The minimum Gasteiger partial charge on any atom is -0.481 e. The number of rotatable bonds is 7. The van der Waals surface area contributed by atoms with Crippen molar-refractivity contribution in [2.24, 2.45) is 0 Å². The van der Waals surface area contributed by atoms with Gasteiger partial charge in [-0.2, -0.15) is 0 Å². The first-order valence-corrected chi connectivity index (χ1v) is 8.22. The van der Waals surface area contributed by atoms with Gasteiger partial charge in [-0.3, -0.25) is 10.2 Å². The maximum absolute atomic E-state index is 12.5. The quantitative estimate of drug-likeness (QED) is 0.396. The topological polar surface area (TPSA) is 118 Å². The van der Waals surface area contributed by atoms with Crippen molar-refractivity contribution in [1.82, 2.24) is 25.1 Å². The summed E-state index contributed by atoms with van der Waals surface area (Å²) in [5, 5.41) is 21.4. The van der Waals surface area contributed by atoms with Gasteiger partial charge in [0.2, 0.25) is 5.90 Å². The highest BCUT2D eigenvalue weighted by molar-refractivity contribution is 6.21. The summed E-state index contributed by atoms with van der Waals surface area (Å²) in [5.74, 6) is 0.230. The predicted octanol–water partition coefficient (Wildman–Crippen LogP) is 1.98. The maximum atomic E-state index is 12.5. The predicted molar refractivity (Wildman–Crippen MR) is 98.8 cm³/mol. The highest BCUT2D eigenvalue weighted by Gasteiger charge is 2.17. The van der Waals surface area contributed by atoms with Crippen molar-refractivity contribution < 1.29 is 9.53 Å². The Labute approximate surface area is 152 Å². The standard InChI is InChI=1S/C17H23N7O2/c1-5-19-9-12(15(18)26-4)17(25)22-14-8-6-7-13(21-14)16-23-20-10-24(16)11(2)3/h6-11,18-19H,5H2,1-4H3,(H,21,22,25)/b12-9+,18-15?. The van der Waals surface area contributed by atoms with Crippen molar-refractivity contribution >= 4 is 17.6 Å². The van der Waals surface area contributed by atoms with Gasteiger partial charge in [0.15, 0.2) is 5.82 Å². The van der Waals surface area contributed by atoms with Crippen LogP contribution in [-0.4, -0.2) is 45.2 Å². The molecule has 0 atom stereocenters. The zero-order valence-electron chi connectivity index (χ0n) is 15.3. The summed E-state index contributed by atoms with van der Waals surface area (Å²) in [4.78, 5) is 16.9. The van der Waals surface area contributed by atoms with Crippen molar-refractivity contribution in [3.8, 4) is 11.5 Å². The molecule has 9 nitrogen and oxygen atoms in total. The largest absolute Gasteiger partial charge is 0.481 e. The molecule has 0 saturated carbocycles. The van der Waals surface area contributed by atoms with Crippen LogP contribution < -0.4 is 10.6 Å². The Kier molecular flexibility index (Phi) is 6.42. The van der Waals surface area contributed by atoms with Gasteiger partial charge in [0.25, 0.3) is 5.91 Å². The van der Waals surface area contributed by atoms with Crippen LogP contribution in [0.3, 0.4) is 0 Å². The van der Waals surface area contributed by atoms with E-state index in [0.29, 0.717) is 23.9 Å². The molecule has 0 unspecified atom stereocenters. The number of ether oxygens (including phenoxy) is 1. The summed E-state index contributed by atoms with van der Waals surface area (Å²) < 4.78 is 6.76. The molecule has 0 radical (unpaired) electrons. The van der Waals surface area contributed by atoms with Crippen LogP contribution in [0.1, 0.15) is 26.8 Å². The molecule has 0 aromatic carbocycles. The molecule has 0 bridgehead atoms. The lowest BCUT2D eigenvalue weighted by atomic mass is 10.2. The van der Waals surface area contributed by atoms with Gasteiger partial charge in [-0.15, -0.1) is 10.2 Å². The molecule has 138 valence electrons. The molecule has 0 fully saturated rings. The van der Waals surface area contributed by atoms with E-state index in [1.807, 2.05) is 25.3 Å². The summed E-state index contributed by atoms with van der Waals surface area (Å²) in [7, 11) is 1.34. The van der Waals surface area contributed by atoms with Crippen molar-refractivity contribution in [2.75, 3.05) is 19.0 Å². The first kappa shape index (κ1) is 19.1. The molecule has 2 rings (SSSR count). The van der Waals surface area contributed by atoms with Crippen molar-refractivity contribution in [3.63, 3.8) is 0 Å². The summed E-state index contributed by atoms with van der Waals surface area (Å²) in [6.07, 6.45) is 3.09. The van der Waals surface area contributed by atoms with E-state index in [2.05, 4.69) is 25.8 Å². The van der Waals surface area contributed by atoms with Crippen LogP contribution >= 0.6 is 0 Å². The average Bonchev–Trinajstić information content (AvgIpc) is 3.12. The lowest BCUT2D eigenvalue weighted by molar-refractivity contribution is -0.112. The molecule has 0 aliphatic carbocycles. The van der Waals surface area contributed by atoms with E-state index >= 15 is 0 Å². The molecule has 0 aliphatic rings. The molecule has 0 saturated heterocycles. The van der Waals surface area contributed by atoms with E-state index in [9.17, 15) is 4.79 Å². The summed E-state index contributed by atoms with van der Waals surface area (Å²) in [5.41, 5.74) is 0.667. The Bertz CT molecular complexity index is 811. The van der Waals surface area contributed by atoms with Crippen LogP contribution in [0.2, 0.25) is 0 Å². The van der Waals surface area contributed by atoms with E-state index in [1.54, 1.807) is 24.5 Å². The number of hydrogen-bond donors (Lipinski definition) is 3. The summed E-state index contributed by atoms with van der Waals surface area (Å²) >= 11 is 0. The SMILES string of the molecule is CCN/C=C(\C(=N)OC)C(=O)Nc1cccc(-c2nncn2C(C)C)n1. The summed E-state index contributed by atoms with van der Waals surface area (Å²) in [6.45, 7) is 6.55. The zero-order valence-corrected chi connectivity index (χ0v) is 15.3. The second-order valence-electron chi connectivity index (χ2n) is 5.67. The van der Waals surface area contributed by atoms with Crippen LogP contribution in [0.5, 0.6) is 0 Å². The van der Waals surface area contributed by atoms with Gasteiger partial charge in [0, 0.05) is 18.8 Å². The van der Waals surface area contributed by atoms with Gasteiger partial charge in [-0.05, 0) is 32.9 Å². The van der Waals surface area contributed by atoms with Gasteiger partial charge in [0.1, 0.15) is 23.4 Å². The molecule has 9 heteroatoms. The van der Waals surface area contributed by atoms with E-state index in [1.165, 1.54) is 13.3 Å². The fourth-order valence-electron chi connectivity index (χ4n) is 2.16. The van der Waals surface area contributed by atoms with E-state index in [0.717, 1.165) is 0 Å². The number of hydrogen-bond acceptors (Lipinski definition) is 7. The van der Waals surface area contributed by atoms with Crippen LogP contribution in [0.25, 0.3) is 11.5 Å². The van der Waals surface area contributed by atoms with Gasteiger partial charge in [-0.25, -0.2) is 4.98 Å². The monoisotopic (exact) mass is 357 g/mol. The minimum atomic E-state index is -0.493. The van der Waals surface area contributed by atoms with E-state index in [4.69, 9.17) is 10.1 Å². The molecule has 0 spiro atoms. The van der Waals surface area contributed by atoms with Crippen molar-refractivity contribution in [2.45, 2.75) is 26.8 Å². The second kappa shape index (κ2) is 8.75. The Balaban J connectivity index is 2.26. The van der Waals surface area contributed by atoms with Gasteiger partial charge < -0.3 is 19.9 Å². The third kappa shape index (κ3) is 4.44. The zero-order chi connectivity index (χ0) is 19.1. The Morgan fingerprint density at radius 1 is 1.42 bits per heavy atom. The molecule has 0 aliphatic heterocycles. The molecule has 2 aromatic rings. The van der Waals surface area contributed by atoms with Crippen LogP contribution in [0.15, 0.2) is 36.3 Å². The molecule has 2 heterocycles. The number of carbonyl (C=O) groups is 1. The van der Waals surface area contributed by atoms with Crippen LogP contribution in [0.4, 0.5) is 5.82 Å². The average molecular weight is 357 g/mol. The molecule has 1 amide bonds. The smallest absolute Gasteiger partial charge is 0.263 e. The Hall–Kier alpha value is -3.23.